The topological polar surface area (TPSA) is 85.8 Å². The smallest absolute Gasteiger partial charge is 0.273 e. The zero-order valence-corrected chi connectivity index (χ0v) is 12.3. The van der Waals surface area contributed by atoms with Gasteiger partial charge in [-0.15, -0.1) is 0 Å². The number of nitrogens with one attached hydrogen (secondary N) is 1. The zero-order valence-electron chi connectivity index (χ0n) is 12.3. The SMILES string of the molecule is Cc1cc(C(=O)NCc2cncc(-c3cnn(C)c3)c2)no1. The van der Waals surface area contributed by atoms with E-state index in [1.807, 2.05) is 19.3 Å². The Balaban J connectivity index is 1.69. The summed E-state index contributed by atoms with van der Waals surface area (Å²) in [5.41, 5.74) is 3.11. The van der Waals surface area contributed by atoms with Gasteiger partial charge in [-0.3, -0.25) is 14.5 Å². The van der Waals surface area contributed by atoms with Gasteiger partial charge in [0.25, 0.3) is 5.91 Å². The molecule has 3 aromatic heterocycles. The summed E-state index contributed by atoms with van der Waals surface area (Å²) in [5, 5.41) is 10.6. The molecule has 0 aliphatic carbocycles. The van der Waals surface area contributed by atoms with Crippen LogP contribution in [-0.4, -0.2) is 25.8 Å². The van der Waals surface area contributed by atoms with Crippen LogP contribution in [0.1, 0.15) is 21.8 Å². The Morgan fingerprint density at radius 1 is 1.27 bits per heavy atom. The van der Waals surface area contributed by atoms with Gasteiger partial charge in [-0.25, -0.2) is 0 Å². The van der Waals surface area contributed by atoms with Gasteiger partial charge in [0.05, 0.1) is 6.20 Å². The summed E-state index contributed by atoms with van der Waals surface area (Å²) in [5.74, 6) is 0.328. The van der Waals surface area contributed by atoms with Gasteiger partial charge in [-0.05, 0) is 18.6 Å². The van der Waals surface area contributed by atoms with Crippen LogP contribution in [-0.2, 0) is 13.6 Å². The van der Waals surface area contributed by atoms with E-state index in [1.54, 1.807) is 36.3 Å². The predicted octanol–water partition coefficient (Wildman–Crippen LogP) is 1.71. The van der Waals surface area contributed by atoms with Crippen molar-refractivity contribution in [1.29, 1.82) is 0 Å². The van der Waals surface area contributed by atoms with Crippen molar-refractivity contribution in [3.8, 4) is 11.1 Å². The Kier molecular flexibility index (Phi) is 3.69. The molecule has 0 spiro atoms. The molecule has 3 rings (SSSR count). The molecular weight excluding hydrogens is 282 g/mol. The molecule has 0 aliphatic heterocycles. The molecule has 0 bridgehead atoms. The van der Waals surface area contributed by atoms with Gasteiger partial charge in [0.15, 0.2) is 5.69 Å². The first-order valence-electron chi connectivity index (χ1n) is 6.76. The lowest BCUT2D eigenvalue weighted by molar-refractivity contribution is 0.0942. The van der Waals surface area contributed by atoms with Gasteiger partial charge in [0.2, 0.25) is 0 Å². The van der Waals surface area contributed by atoms with Crippen LogP contribution in [0.2, 0.25) is 0 Å². The Bertz CT molecular complexity index is 806. The first-order valence-corrected chi connectivity index (χ1v) is 6.76. The number of nitrogens with zero attached hydrogens (tertiary/aromatic N) is 4. The van der Waals surface area contributed by atoms with E-state index in [1.165, 1.54) is 0 Å². The van der Waals surface area contributed by atoms with Gasteiger partial charge >= 0.3 is 0 Å². The van der Waals surface area contributed by atoms with E-state index in [9.17, 15) is 4.79 Å². The van der Waals surface area contributed by atoms with Gasteiger partial charge in [0.1, 0.15) is 5.76 Å². The van der Waals surface area contributed by atoms with Crippen molar-refractivity contribution in [1.82, 2.24) is 25.2 Å². The van der Waals surface area contributed by atoms with Crippen LogP contribution in [0, 0.1) is 6.92 Å². The Hall–Kier alpha value is -2.96. The molecule has 22 heavy (non-hydrogen) atoms. The van der Waals surface area contributed by atoms with E-state index >= 15 is 0 Å². The van der Waals surface area contributed by atoms with E-state index in [0.717, 1.165) is 16.7 Å². The summed E-state index contributed by atoms with van der Waals surface area (Å²) in [6, 6.07) is 3.57. The lowest BCUT2D eigenvalue weighted by Gasteiger charge is -2.04. The third kappa shape index (κ3) is 3.03. The lowest BCUT2D eigenvalue weighted by Crippen LogP contribution is -2.23. The summed E-state index contributed by atoms with van der Waals surface area (Å²) in [6.45, 7) is 2.11. The number of carbonyl (C=O) groups is 1. The van der Waals surface area contributed by atoms with Crippen LogP contribution in [0.3, 0.4) is 0 Å². The molecule has 0 radical (unpaired) electrons. The Morgan fingerprint density at radius 2 is 2.14 bits per heavy atom. The first-order chi connectivity index (χ1) is 10.6. The largest absolute Gasteiger partial charge is 0.361 e. The third-order valence-electron chi connectivity index (χ3n) is 3.15. The molecule has 1 N–H and O–H groups in total. The highest BCUT2D eigenvalue weighted by atomic mass is 16.5. The number of aryl methyl sites for hydroxylation is 2. The Morgan fingerprint density at radius 3 is 2.82 bits per heavy atom. The van der Waals surface area contributed by atoms with Crippen molar-refractivity contribution in [2.24, 2.45) is 7.05 Å². The van der Waals surface area contributed by atoms with Crippen LogP contribution in [0.5, 0.6) is 0 Å². The van der Waals surface area contributed by atoms with Crippen LogP contribution in [0.25, 0.3) is 11.1 Å². The van der Waals surface area contributed by atoms with Gasteiger partial charge in [-0.2, -0.15) is 5.10 Å². The van der Waals surface area contributed by atoms with E-state index in [0.29, 0.717) is 12.3 Å². The van der Waals surface area contributed by atoms with Gasteiger partial charge in [0, 0.05) is 49.4 Å². The number of hydrogen-bond donors (Lipinski definition) is 1. The first kappa shape index (κ1) is 14.0. The average Bonchev–Trinajstić information content (AvgIpc) is 3.14. The quantitative estimate of drug-likeness (QED) is 0.792. The molecule has 0 saturated heterocycles. The minimum absolute atomic E-state index is 0.272. The minimum Gasteiger partial charge on any atom is -0.361 e. The standard InChI is InChI=1S/C15H15N5O2/c1-10-3-14(19-22-10)15(21)17-6-11-4-12(7-16-5-11)13-8-18-20(2)9-13/h3-5,7-9H,6H2,1-2H3,(H,17,21). The van der Waals surface area contributed by atoms with Crippen molar-refractivity contribution in [3.05, 3.63) is 53.9 Å². The molecule has 0 atom stereocenters. The molecule has 0 aliphatic rings. The highest BCUT2D eigenvalue weighted by molar-refractivity contribution is 5.92. The fourth-order valence-electron chi connectivity index (χ4n) is 2.06. The molecule has 0 unspecified atom stereocenters. The summed E-state index contributed by atoms with van der Waals surface area (Å²) < 4.78 is 6.62. The molecule has 7 heteroatoms. The highest BCUT2D eigenvalue weighted by Gasteiger charge is 2.10. The summed E-state index contributed by atoms with van der Waals surface area (Å²) in [4.78, 5) is 16.1. The minimum atomic E-state index is -0.274. The van der Waals surface area contributed by atoms with Gasteiger partial charge < -0.3 is 9.84 Å². The number of aromatic nitrogens is 4. The molecule has 0 fully saturated rings. The third-order valence-corrected chi connectivity index (χ3v) is 3.15. The maximum atomic E-state index is 11.9. The molecule has 112 valence electrons. The number of hydrogen-bond acceptors (Lipinski definition) is 5. The normalized spacial score (nSPS) is 10.6. The second-order valence-corrected chi connectivity index (χ2v) is 4.99. The fraction of sp³-hybridized carbons (Fsp3) is 0.200. The molecule has 3 aromatic rings. The van der Waals surface area contributed by atoms with Crippen LogP contribution < -0.4 is 5.32 Å². The summed E-state index contributed by atoms with van der Waals surface area (Å²) >= 11 is 0. The number of rotatable bonds is 4. The lowest BCUT2D eigenvalue weighted by atomic mass is 10.1. The monoisotopic (exact) mass is 297 g/mol. The van der Waals surface area contributed by atoms with E-state index in [4.69, 9.17) is 4.52 Å². The van der Waals surface area contributed by atoms with Crippen LogP contribution in [0.15, 0.2) is 41.4 Å². The number of carbonyl (C=O) groups excluding carboxylic acids is 1. The van der Waals surface area contributed by atoms with Crippen molar-refractivity contribution in [2.45, 2.75) is 13.5 Å². The molecular formula is C15H15N5O2. The molecule has 3 heterocycles. The van der Waals surface area contributed by atoms with Crippen molar-refractivity contribution in [3.63, 3.8) is 0 Å². The fourth-order valence-corrected chi connectivity index (χ4v) is 2.06. The van der Waals surface area contributed by atoms with E-state index in [-0.39, 0.29) is 11.6 Å². The van der Waals surface area contributed by atoms with Crippen molar-refractivity contribution >= 4 is 5.91 Å². The second kappa shape index (κ2) is 5.80. The molecule has 0 aromatic carbocycles. The van der Waals surface area contributed by atoms with Crippen molar-refractivity contribution < 1.29 is 9.32 Å². The number of amides is 1. The molecule has 1 amide bonds. The maximum Gasteiger partial charge on any atom is 0.273 e. The highest BCUT2D eigenvalue weighted by Crippen LogP contribution is 2.18. The maximum absolute atomic E-state index is 11.9. The molecule has 7 nitrogen and oxygen atoms in total. The zero-order chi connectivity index (χ0) is 15.5. The van der Waals surface area contributed by atoms with E-state index < -0.39 is 0 Å². The van der Waals surface area contributed by atoms with E-state index in [2.05, 4.69) is 20.6 Å². The van der Waals surface area contributed by atoms with Crippen LogP contribution in [0.4, 0.5) is 0 Å². The van der Waals surface area contributed by atoms with Crippen molar-refractivity contribution in [2.75, 3.05) is 0 Å². The summed E-state index contributed by atoms with van der Waals surface area (Å²) in [7, 11) is 1.86. The second-order valence-electron chi connectivity index (χ2n) is 4.99. The average molecular weight is 297 g/mol. The summed E-state index contributed by atoms with van der Waals surface area (Å²) in [6.07, 6.45) is 7.17. The Labute approximate surface area is 127 Å². The number of pyridine rings is 1. The van der Waals surface area contributed by atoms with Gasteiger partial charge in [-0.1, -0.05) is 5.16 Å². The predicted molar refractivity (Wildman–Crippen MR) is 78.8 cm³/mol. The molecule has 0 saturated carbocycles. The van der Waals surface area contributed by atoms with Crippen LogP contribution >= 0.6 is 0 Å².